The Morgan fingerprint density at radius 2 is 1.58 bits per heavy atom. The molecule has 4 rings (SSSR count). The van der Waals surface area contributed by atoms with Crippen molar-refractivity contribution in [2.45, 2.75) is 74.0 Å². The zero-order chi connectivity index (χ0) is 29.9. The van der Waals surface area contributed by atoms with E-state index < -0.39 is 17.7 Å². The molecule has 0 saturated heterocycles. The molecular formula is C33H41Cl2N3O4S. The van der Waals surface area contributed by atoms with Crippen LogP contribution in [0.15, 0.2) is 47.8 Å². The number of carbonyl (C=O) groups is 2. The van der Waals surface area contributed by atoms with E-state index in [-0.39, 0.29) is 36.8 Å². The van der Waals surface area contributed by atoms with Gasteiger partial charge in [0.1, 0.15) is 10.6 Å². The summed E-state index contributed by atoms with van der Waals surface area (Å²) in [5, 5.41) is 6.36. The van der Waals surface area contributed by atoms with Gasteiger partial charge in [-0.1, -0.05) is 50.6 Å². The molecule has 7 nitrogen and oxygen atoms in total. The zero-order valence-electron chi connectivity index (χ0n) is 26.0. The van der Waals surface area contributed by atoms with E-state index in [1.165, 1.54) is 11.3 Å². The first-order valence-corrected chi connectivity index (χ1v) is 14.7. The third-order valence-electron chi connectivity index (χ3n) is 6.25. The summed E-state index contributed by atoms with van der Waals surface area (Å²) in [4.78, 5) is 34.7. The van der Waals surface area contributed by atoms with Crippen LogP contribution < -0.4 is 5.32 Å². The van der Waals surface area contributed by atoms with Crippen molar-refractivity contribution in [3.8, 4) is 21.7 Å². The number of pyridine rings is 1. The molecule has 43 heavy (non-hydrogen) atoms. The molecule has 0 aliphatic rings. The number of nitrogens with one attached hydrogen (secondary N) is 1. The summed E-state index contributed by atoms with van der Waals surface area (Å²) in [6.45, 7) is 16.5. The number of hydrogen-bond donors (Lipinski definition) is 1. The predicted molar refractivity (Wildman–Crippen MR) is 180 cm³/mol. The van der Waals surface area contributed by atoms with E-state index in [0.29, 0.717) is 12.3 Å². The Labute approximate surface area is 270 Å². The number of nitrogens with zero attached hydrogens (tertiary/aromatic N) is 2. The minimum absolute atomic E-state index is 0. The molecule has 4 aromatic rings. The number of aromatic nitrogens is 2. The summed E-state index contributed by atoms with van der Waals surface area (Å²) in [6, 6.07) is 14.5. The van der Waals surface area contributed by atoms with Gasteiger partial charge >= 0.3 is 12.1 Å². The molecule has 0 bridgehead atoms. The lowest BCUT2D eigenvalue weighted by molar-refractivity contribution is 0.0511. The Hall–Kier alpha value is -3.20. The average Bonchev–Trinajstić information content (AvgIpc) is 3.36. The van der Waals surface area contributed by atoms with Gasteiger partial charge in [-0.2, -0.15) is 0 Å². The van der Waals surface area contributed by atoms with Crippen LogP contribution in [0.5, 0.6) is 0 Å². The lowest BCUT2D eigenvalue weighted by atomic mass is 9.85. The van der Waals surface area contributed by atoms with Crippen molar-refractivity contribution in [3.05, 3.63) is 70.4 Å². The van der Waals surface area contributed by atoms with Crippen molar-refractivity contribution in [2.24, 2.45) is 5.41 Å². The van der Waals surface area contributed by atoms with Gasteiger partial charge in [0.25, 0.3) is 0 Å². The Morgan fingerprint density at radius 3 is 2.19 bits per heavy atom. The van der Waals surface area contributed by atoms with Gasteiger partial charge in [0.2, 0.25) is 0 Å². The number of rotatable bonds is 7. The fourth-order valence-electron chi connectivity index (χ4n) is 4.56. The Balaban J connectivity index is 0.00000323. The molecule has 10 heteroatoms. The van der Waals surface area contributed by atoms with E-state index in [4.69, 9.17) is 14.5 Å². The molecule has 0 aliphatic carbocycles. The first-order chi connectivity index (χ1) is 19.2. The van der Waals surface area contributed by atoms with Gasteiger partial charge < -0.3 is 14.8 Å². The molecule has 0 radical (unpaired) electrons. The van der Waals surface area contributed by atoms with Crippen molar-refractivity contribution in [3.63, 3.8) is 0 Å². The number of ether oxygens (including phenoxy) is 2. The maximum Gasteiger partial charge on any atom is 0.407 e. The van der Waals surface area contributed by atoms with E-state index in [1.807, 2.05) is 32.9 Å². The van der Waals surface area contributed by atoms with Crippen LogP contribution in [0.2, 0.25) is 0 Å². The van der Waals surface area contributed by atoms with Crippen LogP contribution in [0.1, 0.15) is 75.8 Å². The van der Waals surface area contributed by atoms with E-state index in [9.17, 15) is 9.59 Å². The van der Waals surface area contributed by atoms with E-state index in [1.54, 1.807) is 12.3 Å². The van der Waals surface area contributed by atoms with Crippen molar-refractivity contribution >= 4 is 59.1 Å². The minimum atomic E-state index is -0.606. The molecule has 0 saturated carbocycles. The van der Waals surface area contributed by atoms with Crippen LogP contribution in [0.4, 0.5) is 4.79 Å². The predicted octanol–water partition coefficient (Wildman–Crippen LogP) is 8.97. The summed E-state index contributed by atoms with van der Waals surface area (Å²) in [7, 11) is 0. The summed E-state index contributed by atoms with van der Waals surface area (Å²) in [5.41, 5.74) is 6.47. The Morgan fingerprint density at radius 1 is 0.930 bits per heavy atom. The van der Waals surface area contributed by atoms with Crippen LogP contribution in [-0.2, 0) is 22.4 Å². The average molecular weight is 647 g/mol. The van der Waals surface area contributed by atoms with Crippen molar-refractivity contribution in [2.75, 3.05) is 6.61 Å². The fraction of sp³-hybridized carbons (Fsp3) is 0.394. The standard InChI is InChI=1S/C33H39N3O4S.2ClH/c1-9-39-30(37)27-19-41-29(36-27)22-14-15-25-23(16-22)28(21-12-10-20(2)11-13-21)24(26(35-25)17-32(3,4)5)18-34-31(38)40-33(6,7)8;;/h10-16,19H,9,17-18H2,1-8H3,(H,34,38);2*1H. The quantitative estimate of drug-likeness (QED) is 0.202. The normalized spacial score (nSPS) is 11.3. The van der Waals surface area contributed by atoms with Crippen molar-refractivity contribution in [1.82, 2.24) is 15.3 Å². The highest BCUT2D eigenvalue weighted by Gasteiger charge is 2.24. The highest BCUT2D eigenvalue weighted by atomic mass is 35.5. The fourth-order valence-corrected chi connectivity index (χ4v) is 5.34. The van der Waals surface area contributed by atoms with Gasteiger partial charge in [-0.25, -0.2) is 14.6 Å². The number of amides is 1. The SMILES string of the molecule is CCOC(=O)c1csc(-c2ccc3nc(CC(C)(C)C)c(CNC(=O)OC(C)(C)C)c(-c4ccc(C)cc4)c3c2)n1.Cl.Cl. The number of thiazole rings is 1. The molecule has 0 aliphatic heterocycles. The molecule has 232 valence electrons. The zero-order valence-corrected chi connectivity index (χ0v) is 28.4. The minimum Gasteiger partial charge on any atom is -0.461 e. The van der Waals surface area contributed by atoms with Gasteiger partial charge in [-0.15, -0.1) is 36.2 Å². The molecular weight excluding hydrogens is 605 g/mol. The van der Waals surface area contributed by atoms with Crippen LogP contribution >= 0.6 is 36.2 Å². The van der Waals surface area contributed by atoms with E-state index in [2.05, 4.69) is 68.3 Å². The van der Waals surface area contributed by atoms with E-state index >= 15 is 0 Å². The third-order valence-corrected chi connectivity index (χ3v) is 7.14. The van der Waals surface area contributed by atoms with Crippen molar-refractivity contribution in [1.29, 1.82) is 0 Å². The van der Waals surface area contributed by atoms with Gasteiger partial charge in [0, 0.05) is 34.1 Å². The lowest BCUT2D eigenvalue weighted by Crippen LogP contribution is -2.32. The third kappa shape index (κ3) is 9.39. The van der Waals surface area contributed by atoms with Crippen molar-refractivity contribution < 1.29 is 19.1 Å². The number of halogens is 2. The molecule has 0 unspecified atom stereocenters. The number of benzene rings is 2. The molecule has 0 atom stereocenters. The van der Waals surface area contributed by atoms with Crippen LogP contribution in [-0.4, -0.2) is 34.2 Å². The number of esters is 1. The second-order valence-electron chi connectivity index (χ2n) is 12.4. The molecule has 1 amide bonds. The highest BCUT2D eigenvalue weighted by Crippen LogP contribution is 2.38. The number of aryl methyl sites for hydroxylation is 1. The Kier molecular flexibility index (Phi) is 12.2. The van der Waals surface area contributed by atoms with Gasteiger partial charge in [0.05, 0.1) is 12.1 Å². The van der Waals surface area contributed by atoms with Gasteiger partial charge in [0.15, 0.2) is 5.69 Å². The summed E-state index contributed by atoms with van der Waals surface area (Å²) < 4.78 is 10.7. The number of fused-ring (bicyclic) bond motifs is 1. The molecule has 2 aromatic heterocycles. The molecule has 0 spiro atoms. The summed E-state index contributed by atoms with van der Waals surface area (Å²) in [6.07, 6.45) is 0.252. The lowest BCUT2D eigenvalue weighted by Gasteiger charge is -2.24. The largest absolute Gasteiger partial charge is 0.461 e. The number of carbonyl (C=O) groups excluding carboxylic acids is 2. The molecule has 0 fully saturated rings. The second-order valence-corrected chi connectivity index (χ2v) is 13.2. The van der Waals surface area contributed by atoms with Crippen LogP contribution in [0.3, 0.4) is 0 Å². The maximum atomic E-state index is 12.7. The smallest absolute Gasteiger partial charge is 0.407 e. The second kappa shape index (κ2) is 14.5. The van der Waals surface area contributed by atoms with Crippen LogP contribution in [0, 0.1) is 12.3 Å². The molecule has 1 N–H and O–H groups in total. The summed E-state index contributed by atoms with van der Waals surface area (Å²) >= 11 is 1.40. The number of hydrogen-bond acceptors (Lipinski definition) is 7. The summed E-state index contributed by atoms with van der Waals surface area (Å²) in [5.74, 6) is -0.430. The Bertz CT molecular complexity index is 1570. The first-order valence-electron chi connectivity index (χ1n) is 13.9. The molecule has 2 heterocycles. The maximum absolute atomic E-state index is 12.7. The molecule has 2 aromatic carbocycles. The highest BCUT2D eigenvalue weighted by molar-refractivity contribution is 7.13. The van der Waals surface area contributed by atoms with Gasteiger partial charge in [-0.05, 0) is 75.8 Å². The van der Waals surface area contributed by atoms with Crippen LogP contribution in [0.25, 0.3) is 32.6 Å². The number of alkyl carbamates (subject to hydrolysis) is 1. The van der Waals surface area contributed by atoms with E-state index in [0.717, 1.165) is 55.8 Å². The monoisotopic (exact) mass is 645 g/mol. The first kappa shape index (κ1) is 36.0. The van der Waals surface area contributed by atoms with Gasteiger partial charge in [-0.3, -0.25) is 4.98 Å². The topological polar surface area (TPSA) is 90.4 Å².